The van der Waals surface area contributed by atoms with Gasteiger partial charge in [0.1, 0.15) is 5.69 Å². The molecule has 0 bridgehead atoms. The van der Waals surface area contributed by atoms with Crippen molar-refractivity contribution in [3.8, 4) is 5.88 Å². The molecular weight excluding hydrogens is 272 g/mol. The molecule has 1 saturated carbocycles. The quantitative estimate of drug-likeness (QED) is 0.868. The summed E-state index contributed by atoms with van der Waals surface area (Å²) in [7, 11) is 1.47. The van der Waals surface area contributed by atoms with Gasteiger partial charge in [-0.3, -0.25) is 9.59 Å². The number of aromatic nitrogens is 1. The van der Waals surface area contributed by atoms with Crippen molar-refractivity contribution in [1.82, 2.24) is 4.98 Å². The number of carboxylic acids is 1. The van der Waals surface area contributed by atoms with E-state index in [0.717, 1.165) is 6.42 Å². The zero-order valence-electron chi connectivity index (χ0n) is 12.2. The third-order valence-electron chi connectivity index (χ3n) is 4.11. The fourth-order valence-electron chi connectivity index (χ4n) is 2.91. The highest BCUT2D eigenvalue weighted by molar-refractivity contribution is 5.96. The summed E-state index contributed by atoms with van der Waals surface area (Å²) < 4.78 is 5.08. The Bertz CT molecular complexity index is 532. The molecule has 2 N–H and O–H groups in total. The molecule has 0 spiro atoms. The molecule has 1 fully saturated rings. The molecule has 6 heteroatoms. The first-order valence-electron chi connectivity index (χ1n) is 7.09. The maximum absolute atomic E-state index is 12.4. The third kappa shape index (κ3) is 3.32. The van der Waals surface area contributed by atoms with E-state index < -0.39 is 17.8 Å². The van der Waals surface area contributed by atoms with E-state index >= 15 is 0 Å². The van der Waals surface area contributed by atoms with Gasteiger partial charge < -0.3 is 15.2 Å². The number of nitrogens with one attached hydrogen (secondary N) is 1. The Hall–Kier alpha value is -2.11. The normalized spacial score (nSPS) is 24.6. The number of hydrogen-bond donors (Lipinski definition) is 2. The van der Waals surface area contributed by atoms with E-state index in [-0.39, 0.29) is 11.8 Å². The van der Waals surface area contributed by atoms with Crippen LogP contribution in [-0.2, 0) is 9.59 Å². The summed E-state index contributed by atoms with van der Waals surface area (Å²) in [5, 5.41) is 12.0. The molecule has 0 saturated heterocycles. The van der Waals surface area contributed by atoms with Crippen LogP contribution in [-0.4, -0.2) is 29.1 Å². The lowest BCUT2D eigenvalue weighted by atomic mass is 9.95. The van der Waals surface area contributed by atoms with Crippen LogP contribution >= 0.6 is 0 Å². The van der Waals surface area contributed by atoms with Gasteiger partial charge in [-0.2, -0.15) is 0 Å². The zero-order chi connectivity index (χ0) is 15.4. The van der Waals surface area contributed by atoms with E-state index in [0.29, 0.717) is 24.4 Å². The molecule has 1 aromatic rings. The molecular formula is C15H20N2O4. The molecule has 1 aromatic heterocycles. The Balaban J connectivity index is 2.13. The van der Waals surface area contributed by atoms with E-state index in [4.69, 9.17) is 4.74 Å². The van der Waals surface area contributed by atoms with Gasteiger partial charge >= 0.3 is 5.97 Å². The van der Waals surface area contributed by atoms with E-state index in [2.05, 4.69) is 10.3 Å². The standard InChI is InChI=1S/C15H20N2O4/c1-3-9-7-10(11(8-9)15(19)20)13(18)17-12-5-4-6-16-14(12)21-2/h4-6,9-11H,3,7-8H2,1-2H3,(H,17,18)(H,19,20)/t9?,10-,11+/m0/s1. The van der Waals surface area contributed by atoms with Crippen molar-refractivity contribution in [2.24, 2.45) is 17.8 Å². The highest BCUT2D eigenvalue weighted by atomic mass is 16.5. The monoisotopic (exact) mass is 292 g/mol. The van der Waals surface area contributed by atoms with Crippen LogP contribution in [0.1, 0.15) is 26.2 Å². The van der Waals surface area contributed by atoms with Crippen molar-refractivity contribution < 1.29 is 19.4 Å². The molecule has 6 nitrogen and oxygen atoms in total. The molecule has 1 aliphatic rings. The third-order valence-corrected chi connectivity index (χ3v) is 4.11. The number of aliphatic carboxylic acids is 1. The summed E-state index contributed by atoms with van der Waals surface area (Å²) in [6.07, 6.45) is 3.64. The Morgan fingerprint density at radius 2 is 2.14 bits per heavy atom. The van der Waals surface area contributed by atoms with Gasteiger partial charge in [-0.1, -0.05) is 13.3 Å². The molecule has 114 valence electrons. The van der Waals surface area contributed by atoms with Gasteiger partial charge in [0.05, 0.1) is 18.9 Å². The maximum Gasteiger partial charge on any atom is 0.307 e. The highest BCUT2D eigenvalue weighted by Crippen LogP contribution is 2.39. The van der Waals surface area contributed by atoms with Gasteiger partial charge in [-0.05, 0) is 30.9 Å². The van der Waals surface area contributed by atoms with Crippen molar-refractivity contribution >= 4 is 17.6 Å². The molecule has 1 aliphatic carbocycles. The first-order chi connectivity index (χ1) is 10.1. The van der Waals surface area contributed by atoms with Crippen LogP contribution < -0.4 is 10.1 Å². The summed E-state index contributed by atoms with van der Waals surface area (Å²) in [6.45, 7) is 2.02. The SMILES string of the molecule is CCC1C[C@H](C(=O)Nc2cccnc2OC)[C@H](C(=O)O)C1. The van der Waals surface area contributed by atoms with Gasteiger partial charge in [0, 0.05) is 6.20 Å². The Morgan fingerprint density at radius 1 is 1.43 bits per heavy atom. The second-order valence-corrected chi connectivity index (χ2v) is 5.35. The number of carboxylic acid groups (broad SMARTS) is 1. The Morgan fingerprint density at radius 3 is 2.76 bits per heavy atom. The molecule has 1 amide bonds. The van der Waals surface area contributed by atoms with Crippen molar-refractivity contribution in [3.05, 3.63) is 18.3 Å². The van der Waals surface area contributed by atoms with Crippen LogP contribution in [0.4, 0.5) is 5.69 Å². The van der Waals surface area contributed by atoms with Crippen LogP contribution in [0.25, 0.3) is 0 Å². The summed E-state index contributed by atoms with van der Waals surface area (Å²) in [6, 6.07) is 3.38. The smallest absolute Gasteiger partial charge is 0.307 e. The molecule has 2 rings (SSSR count). The minimum Gasteiger partial charge on any atom is -0.481 e. The number of hydrogen-bond acceptors (Lipinski definition) is 4. The number of amides is 1. The molecule has 21 heavy (non-hydrogen) atoms. The maximum atomic E-state index is 12.4. The topological polar surface area (TPSA) is 88.5 Å². The lowest BCUT2D eigenvalue weighted by Crippen LogP contribution is -2.30. The summed E-state index contributed by atoms with van der Waals surface area (Å²) >= 11 is 0. The number of carbonyl (C=O) groups is 2. The largest absolute Gasteiger partial charge is 0.481 e. The second-order valence-electron chi connectivity index (χ2n) is 5.35. The molecule has 1 unspecified atom stereocenters. The van der Waals surface area contributed by atoms with E-state index in [1.54, 1.807) is 18.3 Å². The fourth-order valence-corrected chi connectivity index (χ4v) is 2.91. The van der Waals surface area contributed by atoms with Gasteiger partial charge in [-0.15, -0.1) is 0 Å². The predicted octanol–water partition coefficient (Wildman–Crippen LogP) is 2.17. The van der Waals surface area contributed by atoms with Crippen molar-refractivity contribution in [1.29, 1.82) is 0 Å². The minimum atomic E-state index is -0.899. The minimum absolute atomic E-state index is 0.273. The fraction of sp³-hybridized carbons (Fsp3) is 0.533. The first-order valence-corrected chi connectivity index (χ1v) is 7.09. The van der Waals surface area contributed by atoms with Gasteiger partial charge in [-0.25, -0.2) is 4.98 Å². The van der Waals surface area contributed by atoms with Crippen LogP contribution in [0.3, 0.4) is 0 Å². The summed E-state index contributed by atoms with van der Waals surface area (Å²) in [5.41, 5.74) is 0.467. The summed E-state index contributed by atoms with van der Waals surface area (Å²) in [4.78, 5) is 27.7. The number of nitrogens with zero attached hydrogens (tertiary/aromatic N) is 1. The average molecular weight is 292 g/mol. The van der Waals surface area contributed by atoms with E-state index in [1.165, 1.54) is 7.11 Å². The number of methoxy groups -OCH3 is 1. The molecule has 3 atom stereocenters. The van der Waals surface area contributed by atoms with Crippen LogP contribution in [0.15, 0.2) is 18.3 Å². The second kappa shape index (κ2) is 6.56. The number of rotatable bonds is 5. The van der Waals surface area contributed by atoms with Gasteiger partial charge in [0.25, 0.3) is 0 Å². The van der Waals surface area contributed by atoms with Crippen molar-refractivity contribution in [2.75, 3.05) is 12.4 Å². The molecule has 0 radical (unpaired) electrons. The molecule has 0 aliphatic heterocycles. The molecule has 1 heterocycles. The predicted molar refractivity (Wildman–Crippen MR) is 77.0 cm³/mol. The number of ether oxygens (including phenoxy) is 1. The van der Waals surface area contributed by atoms with Gasteiger partial charge in [0.2, 0.25) is 11.8 Å². The van der Waals surface area contributed by atoms with Crippen LogP contribution in [0.2, 0.25) is 0 Å². The number of anilines is 1. The Kier molecular flexibility index (Phi) is 4.77. The van der Waals surface area contributed by atoms with Crippen molar-refractivity contribution in [3.63, 3.8) is 0 Å². The van der Waals surface area contributed by atoms with E-state index in [9.17, 15) is 14.7 Å². The van der Waals surface area contributed by atoms with Crippen molar-refractivity contribution in [2.45, 2.75) is 26.2 Å². The van der Waals surface area contributed by atoms with E-state index in [1.807, 2.05) is 6.92 Å². The van der Waals surface area contributed by atoms with Crippen LogP contribution in [0, 0.1) is 17.8 Å². The Labute approximate surface area is 123 Å². The number of pyridine rings is 1. The highest BCUT2D eigenvalue weighted by Gasteiger charge is 2.42. The molecule has 0 aromatic carbocycles. The summed E-state index contributed by atoms with van der Waals surface area (Å²) in [5.74, 6) is -1.68. The van der Waals surface area contributed by atoms with Crippen LogP contribution in [0.5, 0.6) is 5.88 Å². The first kappa shape index (κ1) is 15.3. The lowest BCUT2D eigenvalue weighted by molar-refractivity contribution is -0.145. The number of carbonyl (C=O) groups excluding carboxylic acids is 1. The van der Waals surface area contributed by atoms with Gasteiger partial charge in [0.15, 0.2) is 0 Å². The zero-order valence-corrected chi connectivity index (χ0v) is 12.2. The average Bonchev–Trinajstić information content (AvgIpc) is 2.92. The lowest BCUT2D eigenvalue weighted by Gasteiger charge is -2.16.